The van der Waals surface area contributed by atoms with Crippen molar-refractivity contribution in [2.75, 3.05) is 13.2 Å². The second kappa shape index (κ2) is 7.28. The number of hydrogen-bond donors (Lipinski definition) is 1. The van der Waals surface area contributed by atoms with Gasteiger partial charge in [-0.05, 0) is 61.6 Å². The Morgan fingerprint density at radius 3 is 2.74 bits per heavy atom. The number of nitrogens with one attached hydrogen (secondary N) is 1. The van der Waals surface area contributed by atoms with Crippen LogP contribution in [0, 0.1) is 13.8 Å². The van der Waals surface area contributed by atoms with E-state index in [2.05, 4.69) is 22.0 Å². The first-order valence-electron chi connectivity index (χ1n) is 9.34. The molecule has 142 valence electrons. The van der Waals surface area contributed by atoms with Crippen LogP contribution in [0.25, 0.3) is 10.9 Å². The van der Waals surface area contributed by atoms with Crippen LogP contribution in [-0.4, -0.2) is 23.6 Å². The van der Waals surface area contributed by atoms with Crippen molar-refractivity contribution in [1.82, 2.24) is 9.88 Å². The third-order valence-corrected chi connectivity index (χ3v) is 5.76. The number of ether oxygens (including phenoxy) is 1. The van der Waals surface area contributed by atoms with Gasteiger partial charge in [-0.1, -0.05) is 29.8 Å². The molecule has 2 heterocycles. The zero-order chi connectivity index (χ0) is 19.0. The molecule has 0 saturated carbocycles. The maximum atomic E-state index is 12.5. The van der Waals surface area contributed by atoms with E-state index in [1.807, 2.05) is 38.1 Å². The van der Waals surface area contributed by atoms with E-state index in [1.54, 1.807) is 0 Å². The highest BCUT2D eigenvalue weighted by Gasteiger charge is 2.24. The van der Waals surface area contributed by atoms with Crippen LogP contribution in [0.4, 0.5) is 0 Å². The second-order valence-electron chi connectivity index (χ2n) is 7.07. The number of aryl methyl sites for hydroxylation is 3. The summed E-state index contributed by atoms with van der Waals surface area (Å²) in [5, 5.41) is 4.93. The first kappa shape index (κ1) is 17.9. The van der Waals surface area contributed by atoms with Gasteiger partial charge in [0.15, 0.2) is 0 Å². The van der Waals surface area contributed by atoms with Crippen LogP contribution in [0.5, 0.6) is 5.75 Å². The molecule has 0 aliphatic carbocycles. The van der Waals surface area contributed by atoms with Gasteiger partial charge in [-0.3, -0.25) is 4.79 Å². The summed E-state index contributed by atoms with van der Waals surface area (Å²) in [5.41, 5.74) is 5.12. The smallest absolute Gasteiger partial charge is 0.268 e. The molecule has 0 saturated heterocycles. The summed E-state index contributed by atoms with van der Waals surface area (Å²) in [6.07, 6.45) is 1.65. The molecular weight excluding hydrogens is 360 g/mol. The number of para-hydroxylation sites is 1. The van der Waals surface area contributed by atoms with Crippen LogP contribution < -0.4 is 10.1 Å². The van der Waals surface area contributed by atoms with Gasteiger partial charge in [-0.2, -0.15) is 0 Å². The number of amides is 1. The number of aromatic nitrogens is 1. The maximum absolute atomic E-state index is 12.5. The number of halogens is 1. The molecule has 1 amide bonds. The monoisotopic (exact) mass is 384 g/mol. The first-order chi connectivity index (χ1) is 13.1. The van der Waals surface area contributed by atoms with E-state index in [4.69, 9.17) is 16.3 Å². The summed E-state index contributed by atoms with van der Waals surface area (Å²) in [5.74, 6) is 0.869. The molecule has 27 heavy (non-hydrogen) atoms. The fourth-order valence-corrected chi connectivity index (χ4v) is 4.02. The van der Waals surface area contributed by atoms with Crippen molar-refractivity contribution >= 4 is 28.4 Å². The van der Waals surface area contributed by atoms with Gasteiger partial charge in [0.25, 0.3) is 5.91 Å². The molecule has 4 nitrogen and oxygen atoms in total. The van der Waals surface area contributed by atoms with Crippen molar-refractivity contribution in [3.05, 3.63) is 63.8 Å². The molecule has 0 bridgehead atoms. The number of hydrogen-bond acceptors (Lipinski definition) is 2. The van der Waals surface area contributed by atoms with Gasteiger partial charge < -0.3 is 14.6 Å². The third kappa shape index (κ3) is 3.30. The SMILES string of the molecule is Cc1cc(OCCCc2c3n(c4ccccc24)CCNC3=O)cc(C)c1Cl.[HH]. The molecule has 1 aromatic heterocycles. The largest absolute Gasteiger partial charge is 0.494 e. The van der Waals surface area contributed by atoms with Crippen molar-refractivity contribution in [3.8, 4) is 5.75 Å². The molecular formula is C22H25ClN2O2. The molecule has 4 rings (SSSR count). The summed E-state index contributed by atoms with van der Waals surface area (Å²) < 4.78 is 8.09. The van der Waals surface area contributed by atoms with Crippen LogP contribution in [0.3, 0.4) is 0 Å². The van der Waals surface area contributed by atoms with Crippen LogP contribution in [-0.2, 0) is 13.0 Å². The molecule has 1 N–H and O–H groups in total. The highest BCUT2D eigenvalue weighted by atomic mass is 35.5. The van der Waals surface area contributed by atoms with E-state index >= 15 is 0 Å². The van der Waals surface area contributed by atoms with Gasteiger partial charge in [0.1, 0.15) is 11.4 Å². The van der Waals surface area contributed by atoms with E-state index in [0.29, 0.717) is 13.2 Å². The van der Waals surface area contributed by atoms with Crippen molar-refractivity contribution in [2.45, 2.75) is 33.2 Å². The predicted molar refractivity (Wildman–Crippen MR) is 111 cm³/mol. The summed E-state index contributed by atoms with van der Waals surface area (Å²) in [4.78, 5) is 12.5. The summed E-state index contributed by atoms with van der Waals surface area (Å²) in [6, 6.07) is 12.2. The van der Waals surface area contributed by atoms with Crippen LogP contribution in [0.15, 0.2) is 36.4 Å². The van der Waals surface area contributed by atoms with Gasteiger partial charge in [-0.15, -0.1) is 0 Å². The number of carbonyl (C=O) groups is 1. The van der Waals surface area contributed by atoms with Gasteiger partial charge in [0.05, 0.1) is 6.61 Å². The van der Waals surface area contributed by atoms with Crippen molar-refractivity contribution in [3.63, 3.8) is 0 Å². The molecule has 0 fully saturated rings. The van der Waals surface area contributed by atoms with E-state index in [1.165, 1.54) is 5.39 Å². The second-order valence-corrected chi connectivity index (χ2v) is 7.45. The molecule has 0 atom stereocenters. The topological polar surface area (TPSA) is 43.3 Å². The number of fused-ring (bicyclic) bond motifs is 3. The van der Waals surface area contributed by atoms with Crippen molar-refractivity contribution < 1.29 is 11.0 Å². The number of nitrogens with zero attached hydrogens (tertiary/aromatic N) is 1. The van der Waals surface area contributed by atoms with Gasteiger partial charge in [0.2, 0.25) is 0 Å². The Hall–Kier alpha value is -2.46. The van der Waals surface area contributed by atoms with E-state index in [0.717, 1.165) is 58.1 Å². The first-order valence-corrected chi connectivity index (χ1v) is 9.72. The number of rotatable bonds is 5. The minimum absolute atomic E-state index is 0. The highest BCUT2D eigenvalue weighted by molar-refractivity contribution is 6.32. The standard InChI is InChI=1S/C22H23ClN2O2.H2/c1-14-12-16(13-15(2)20(14)23)27-11-5-7-18-17-6-3-4-8-19(17)25-10-9-24-22(26)21(18)25;/h3-4,6,8,12-13H,5,7,9-11H2,1-2H3,(H,24,26);1H. The van der Waals surface area contributed by atoms with Crippen molar-refractivity contribution in [2.24, 2.45) is 0 Å². The minimum atomic E-state index is 0. The fraction of sp³-hybridized carbons (Fsp3) is 0.318. The Kier molecular flexibility index (Phi) is 4.83. The summed E-state index contributed by atoms with van der Waals surface area (Å²) in [6.45, 7) is 6.08. The van der Waals surface area contributed by atoms with E-state index < -0.39 is 0 Å². The molecule has 0 spiro atoms. The molecule has 5 heteroatoms. The molecule has 2 aromatic carbocycles. The van der Waals surface area contributed by atoms with Crippen LogP contribution in [0.2, 0.25) is 5.02 Å². The minimum Gasteiger partial charge on any atom is -0.494 e. The fourth-order valence-electron chi connectivity index (χ4n) is 3.91. The lowest BCUT2D eigenvalue weighted by molar-refractivity contribution is 0.0927. The molecule has 0 radical (unpaired) electrons. The molecule has 3 aromatic rings. The Morgan fingerprint density at radius 1 is 1.22 bits per heavy atom. The lowest BCUT2D eigenvalue weighted by Gasteiger charge is -2.18. The van der Waals surface area contributed by atoms with E-state index in [-0.39, 0.29) is 7.33 Å². The Bertz CT molecular complexity index is 1010. The summed E-state index contributed by atoms with van der Waals surface area (Å²) in [7, 11) is 0. The Morgan fingerprint density at radius 2 is 1.96 bits per heavy atom. The number of carbonyl (C=O) groups excluding carboxylic acids is 1. The lowest BCUT2D eigenvalue weighted by atomic mass is 10.0. The summed E-state index contributed by atoms with van der Waals surface area (Å²) >= 11 is 6.22. The molecule has 0 unspecified atom stereocenters. The third-order valence-electron chi connectivity index (χ3n) is 5.16. The predicted octanol–water partition coefficient (Wildman–Crippen LogP) is 4.91. The highest BCUT2D eigenvalue weighted by Crippen LogP contribution is 2.29. The van der Waals surface area contributed by atoms with Crippen LogP contribution >= 0.6 is 11.6 Å². The molecule has 1 aliphatic heterocycles. The Labute approximate surface area is 165 Å². The number of benzene rings is 2. The van der Waals surface area contributed by atoms with Crippen molar-refractivity contribution in [1.29, 1.82) is 0 Å². The average molecular weight is 385 g/mol. The van der Waals surface area contributed by atoms with Gasteiger partial charge in [-0.25, -0.2) is 0 Å². The quantitative estimate of drug-likeness (QED) is 0.635. The lowest BCUT2D eigenvalue weighted by Crippen LogP contribution is -2.35. The maximum Gasteiger partial charge on any atom is 0.268 e. The van der Waals surface area contributed by atoms with Crippen LogP contribution in [0.1, 0.15) is 35.0 Å². The van der Waals surface area contributed by atoms with Gasteiger partial charge in [0, 0.05) is 30.4 Å². The normalized spacial score (nSPS) is 13.5. The van der Waals surface area contributed by atoms with E-state index in [9.17, 15) is 4.79 Å². The molecule has 1 aliphatic rings. The van der Waals surface area contributed by atoms with Gasteiger partial charge >= 0.3 is 0 Å². The zero-order valence-corrected chi connectivity index (χ0v) is 16.4. The Balaban J connectivity index is 0.00000225. The zero-order valence-electron chi connectivity index (χ0n) is 15.6. The average Bonchev–Trinajstić information content (AvgIpc) is 2.98.